The third-order valence-electron chi connectivity index (χ3n) is 5.72. The highest BCUT2D eigenvalue weighted by Gasteiger charge is 2.43. The Balaban J connectivity index is 1.41. The number of H-pyrrole nitrogens is 1. The van der Waals surface area contributed by atoms with Crippen LogP contribution in [0, 0.1) is 5.92 Å². The molecule has 0 atom stereocenters. The molecule has 3 heterocycles. The molecule has 0 bridgehead atoms. The zero-order valence-electron chi connectivity index (χ0n) is 14.9. The minimum absolute atomic E-state index is 0.108. The first-order chi connectivity index (χ1) is 12.9. The van der Waals surface area contributed by atoms with E-state index in [0.29, 0.717) is 38.1 Å². The van der Waals surface area contributed by atoms with Crippen LogP contribution in [0.3, 0.4) is 0 Å². The molecular weight excluding hydrogens is 375 g/mol. The smallest absolute Gasteiger partial charge is 0.257 e. The normalized spacial score (nSPS) is 36.3. The van der Waals surface area contributed by atoms with Gasteiger partial charge < -0.3 is 9.64 Å². The Morgan fingerprint density at radius 3 is 2.74 bits per heavy atom. The molecule has 27 heavy (non-hydrogen) atoms. The van der Waals surface area contributed by atoms with Crippen LogP contribution in [0.1, 0.15) is 36.0 Å². The Kier molecular flexibility index (Phi) is 4.79. The second kappa shape index (κ2) is 6.97. The molecule has 2 amide bonds. The average molecular weight is 398 g/mol. The number of aromatic nitrogens is 2. The number of amides is 2. The zero-order valence-corrected chi connectivity index (χ0v) is 15.8. The van der Waals surface area contributed by atoms with Crippen molar-refractivity contribution < 1.29 is 22.9 Å². The van der Waals surface area contributed by atoms with Gasteiger partial charge in [0.15, 0.2) is 0 Å². The summed E-state index contributed by atoms with van der Waals surface area (Å²) in [6.07, 6.45) is 3.46. The molecular formula is C17H23FN4O4S. The number of nitrogens with zero attached hydrogens (tertiary/aromatic N) is 3. The summed E-state index contributed by atoms with van der Waals surface area (Å²) in [6.45, 7) is 1.34. The number of nitrogens with one attached hydrogen (secondary N) is 1. The Morgan fingerprint density at radius 1 is 1.37 bits per heavy atom. The van der Waals surface area contributed by atoms with E-state index in [4.69, 9.17) is 4.74 Å². The maximum Gasteiger partial charge on any atom is 0.257 e. The lowest BCUT2D eigenvalue weighted by molar-refractivity contribution is -0.125. The molecule has 2 saturated heterocycles. The minimum Gasteiger partial charge on any atom is -0.371 e. The van der Waals surface area contributed by atoms with Crippen molar-refractivity contribution in [3.63, 3.8) is 0 Å². The number of rotatable bonds is 2. The third kappa shape index (κ3) is 3.77. The Labute approximate surface area is 157 Å². The molecule has 1 N–H and O–H groups in total. The fourth-order valence-corrected chi connectivity index (χ4v) is 6.11. The van der Waals surface area contributed by atoms with Gasteiger partial charge in [-0.3, -0.25) is 14.7 Å². The van der Waals surface area contributed by atoms with E-state index in [1.165, 1.54) is 6.20 Å². The molecule has 1 saturated carbocycles. The van der Waals surface area contributed by atoms with E-state index in [0.717, 1.165) is 0 Å². The Morgan fingerprint density at radius 2 is 2.11 bits per heavy atom. The van der Waals surface area contributed by atoms with Gasteiger partial charge in [0.25, 0.3) is 11.8 Å². The van der Waals surface area contributed by atoms with Gasteiger partial charge in [0.1, 0.15) is 6.17 Å². The third-order valence-corrected chi connectivity index (χ3v) is 7.92. The molecule has 1 aromatic heterocycles. The van der Waals surface area contributed by atoms with Crippen molar-refractivity contribution >= 4 is 21.5 Å². The molecule has 4 rings (SSSR count). The molecule has 10 heteroatoms. The maximum absolute atomic E-state index is 12.9. The first-order valence-electron chi connectivity index (χ1n) is 9.21. The fourth-order valence-electron chi connectivity index (χ4n) is 3.87. The zero-order chi connectivity index (χ0) is 19.1. The summed E-state index contributed by atoms with van der Waals surface area (Å²) in [6, 6.07) is 0. The summed E-state index contributed by atoms with van der Waals surface area (Å²) in [7, 11) is -2.63. The van der Waals surface area contributed by atoms with E-state index in [1.807, 2.05) is 0 Å². The fraction of sp³-hybridized carbons (Fsp3) is 0.706. The maximum atomic E-state index is 12.9. The monoisotopic (exact) mass is 398 g/mol. The number of carbonyl (C=O) groups excluding carboxylic acids is 2. The van der Waals surface area contributed by atoms with E-state index in [2.05, 4.69) is 14.6 Å². The summed E-state index contributed by atoms with van der Waals surface area (Å²) in [4.78, 5) is 26.4. The van der Waals surface area contributed by atoms with Gasteiger partial charge in [-0.1, -0.05) is 0 Å². The highest BCUT2D eigenvalue weighted by Crippen LogP contribution is 2.34. The van der Waals surface area contributed by atoms with Crippen molar-refractivity contribution in [2.75, 3.05) is 31.2 Å². The summed E-state index contributed by atoms with van der Waals surface area (Å²) >= 11 is 0. The van der Waals surface area contributed by atoms with E-state index < -0.39 is 33.3 Å². The van der Waals surface area contributed by atoms with Crippen LogP contribution in [-0.4, -0.2) is 74.1 Å². The van der Waals surface area contributed by atoms with Crippen LogP contribution < -0.4 is 0 Å². The van der Waals surface area contributed by atoms with Crippen LogP contribution in [0.4, 0.5) is 4.39 Å². The van der Waals surface area contributed by atoms with Crippen molar-refractivity contribution in [1.29, 1.82) is 0 Å². The molecule has 1 aromatic rings. The Hall–Kier alpha value is -1.81. The first-order valence-corrected chi connectivity index (χ1v) is 11.1. The van der Waals surface area contributed by atoms with Gasteiger partial charge in [-0.05, 0) is 25.7 Å². The predicted octanol–water partition coefficient (Wildman–Crippen LogP) is 1.16. The lowest BCUT2D eigenvalue weighted by Gasteiger charge is -2.45. The number of aromatic amines is 1. The van der Waals surface area contributed by atoms with Gasteiger partial charge in [-0.25, -0.2) is 8.60 Å². The van der Waals surface area contributed by atoms with Crippen LogP contribution in [-0.2, 0) is 19.3 Å². The minimum atomic E-state index is -2.63. The molecule has 148 valence electrons. The van der Waals surface area contributed by atoms with Crippen LogP contribution in [0.25, 0.3) is 0 Å². The standard InChI is InChI=1S/C17H23FN4O4S/c18-14-7-12(8-14)15(23)21-27(25)5-1-17(2-6-27)11-22(3-4-26-17)16(24)13-9-19-20-10-13/h9-10,12,14H,1-8,11H2,(H,19,20). The second-order valence-electron chi connectivity index (χ2n) is 7.62. The molecule has 2 aliphatic heterocycles. The molecule has 1 aliphatic carbocycles. The predicted molar refractivity (Wildman–Crippen MR) is 95.3 cm³/mol. The quantitative estimate of drug-likeness (QED) is 0.805. The van der Waals surface area contributed by atoms with Crippen molar-refractivity contribution in [2.45, 2.75) is 37.5 Å². The number of carbonyl (C=O) groups is 2. The van der Waals surface area contributed by atoms with Gasteiger partial charge in [-0.15, -0.1) is 0 Å². The number of hydrogen-bond acceptors (Lipinski definition) is 5. The first kappa shape index (κ1) is 18.5. The Bertz CT molecular complexity index is 829. The summed E-state index contributed by atoms with van der Waals surface area (Å²) in [5.41, 5.74) is -0.0450. The van der Waals surface area contributed by atoms with Crippen LogP contribution in [0.2, 0.25) is 0 Å². The lowest BCUT2D eigenvalue weighted by atomic mass is 9.83. The van der Waals surface area contributed by atoms with Gasteiger partial charge in [0, 0.05) is 30.2 Å². The molecule has 3 fully saturated rings. The van der Waals surface area contributed by atoms with Crippen molar-refractivity contribution in [1.82, 2.24) is 15.1 Å². The molecule has 3 aliphatic rings. The van der Waals surface area contributed by atoms with E-state index >= 15 is 0 Å². The topological polar surface area (TPSA) is 105 Å². The van der Waals surface area contributed by atoms with Crippen molar-refractivity contribution in [3.05, 3.63) is 18.0 Å². The van der Waals surface area contributed by atoms with Crippen molar-refractivity contribution in [2.24, 2.45) is 10.3 Å². The van der Waals surface area contributed by atoms with E-state index in [-0.39, 0.29) is 30.3 Å². The molecule has 0 radical (unpaired) electrons. The number of alkyl halides is 1. The average Bonchev–Trinajstić information content (AvgIpc) is 3.16. The molecule has 0 aromatic carbocycles. The van der Waals surface area contributed by atoms with Gasteiger partial charge in [0.2, 0.25) is 0 Å². The number of hydrogen-bond donors (Lipinski definition) is 1. The SMILES string of the molecule is O=C(N=S1(=O)CCC2(CC1)CN(C(=O)c1cn[nH]c1)CCO2)C1CC(F)C1. The van der Waals surface area contributed by atoms with Crippen LogP contribution in [0.15, 0.2) is 16.8 Å². The number of halogens is 1. The summed E-state index contributed by atoms with van der Waals surface area (Å²) in [5.74, 6) is -0.422. The number of morpholine rings is 1. The number of ether oxygens (including phenoxy) is 1. The van der Waals surface area contributed by atoms with Crippen molar-refractivity contribution in [3.8, 4) is 0 Å². The highest BCUT2D eigenvalue weighted by atomic mass is 32.2. The van der Waals surface area contributed by atoms with Crippen LogP contribution in [0.5, 0.6) is 0 Å². The van der Waals surface area contributed by atoms with Gasteiger partial charge >= 0.3 is 0 Å². The molecule has 8 nitrogen and oxygen atoms in total. The largest absolute Gasteiger partial charge is 0.371 e. The van der Waals surface area contributed by atoms with Crippen LogP contribution >= 0.6 is 0 Å². The van der Waals surface area contributed by atoms with Gasteiger partial charge in [-0.2, -0.15) is 9.46 Å². The molecule has 1 spiro atoms. The molecule has 0 unspecified atom stereocenters. The lowest BCUT2D eigenvalue weighted by Crippen LogP contribution is -2.56. The van der Waals surface area contributed by atoms with Gasteiger partial charge in [0.05, 0.1) is 40.2 Å². The second-order valence-corrected chi connectivity index (χ2v) is 10.2. The van der Waals surface area contributed by atoms with E-state index in [9.17, 15) is 18.2 Å². The van der Waals surface area contributed by atoms with E-state index in [1.54, 1.807) is 11.1 Å². The summed E-state index contributed by atoms with van der Waals surface area (Å²) < 4.78 is 35.8. The highest BCUT2D eigenvalue weighted by molar-refractivity contribution is 7.93. The summed E-state index contributed by atoms with van der Waals surface area (Å²) in [5, 5.41) is 6.45.